The van der Waals surface area contributed by atoms with Gasteiger partial charge in [-0.2, -0.15) is 0 Å². The Balaban J connectivity index is 1.45. The Bertz CT molecular complexity index is 1320. The van der Waals surface area contributed by atoms with Crippen LogP contribution in [0.4, 0.5) is 0 Å². The molecule has 0 saturated heterocycles. The van der Waals surface area contributed by atoms with Crippen LogP contribution in [0.5, 0.6) is 11.5 Å². The van der Waals surface area contributed by atoms with Crippen molar-refractivity contribution in [1.82, 2.24) is 0 Å². The maximum Gasteiger partial charge on any atom is 0.361 e. The Morgan fingerprint density at radius 2 is 1.14 bits per heavy atom. The summed E-state index contributed by atoms with van der Waals surface area (Å²) in [6.07, 6.45) is 15.9. The minimum Gasteiger partial charge on any atom is -0.493 e. The third kappa shape index (κ3) is 6.71. The topological polar surface area (TPSA) is 29.8 Å². The van der Waals surface area contributed by atoms with Gasteiger partial charge >= 0.3 is 11.5 Å². The number of benzene rings is 3. The quantitative estimate of drug-likeness (QED) is 0.180. The molecule has 36 heavy (non-hydrogen) atoms. The smallest absolute Gasteiger partial charge is 0.361 e. The molecule has 0 aliphatic rings. The van der Waals surface area contributed by atoms with Crippen LogP contribution in [0.15, 0.2) is 132 Å². The molecule has 0 spiro atoms. The predicted octanol–water partition coefficient (Wildman–Crippen LogP) is 8.75. The summed E-state index contributed by atoms with van der Waals surface area (Å²) >= 11 is 0. The van der Waals surface area contributed by atoms with Crippen molar-refractivity contribution in [3.63, 3.8) is 0 Å². The summed E-state index contributed by atoms with van der Waals surface area (Å²) in [5.41, 5.74) is 4.35. The highest BCUT2D eigenvalue weighted by atomic mass is 16.5. The van der Waals surface area contributed by atoms with E-state index in [4.69, 9.17) is 13.9 Å². The molecule has 3 nitrogen and oxygen atoms in total. The van der Waals surface area contributed by atoms with E-state index < -0.39 is 0 Å². The minimum absolute atomic E-state index is 0.714. The van der Waals surface area contributed by atoms with Gasteiger partial charge in [0.1, 0.15) is 0 Å². The maximum absolute atomic E-state index is 6.19. The van der Waals surface area contributed by atoms with Crippen LogP contribution in [0, 0.1) is 0 Å². The fourth-order valence-electron chi connectivity index (χ4n) is 3.68. The first-order chi connectivity index (χ1) is 17.8. The number of rotatable bonds is 9. The molecule has 4 rings (SSSR count). The first-order valence-electron chi connectivity index (χ1n) is 11.8. The second kappa shape index (κ2) is 12.7. The lowest BCUT2D eigenvalue weighted by atomic mass is 10.0. The largest absolute Gasteiger partial charge is 0.493 e. The van der Waals surface area contributed by atoms with Gasteiger partial charge in [-0.1, -0.05) is 97.1 Å². The van der Waals surface area contributed by atoms with Gasteiger partial charge in [-0.25, -0.2) is 4.42 Å². The van der Waals surface area contributed by atoms with Crippen molar-refractivity contribution >= 4 is 12.2 Å². The molecule has 0 fully saturated rings. The molecular weight excluding hydrogens is 444 g/mol. The van der Waals surface area contributed by atoms with E-state index >= 15 is 0 Å². The lowest BCUT2D eigenvalue weighted by Crippen LogP contribution is -1.90. The molecule has 0 amide bonds. The molecule has 1 heterocycles. The van der Waals surface area contributed by atoms with E-state index in [0.29, 0.717) is 5.75 Å². The summed E-state index contributed by atoms with van der Waals surface area (Å²) in [4.78, 5) is 0. The Morgan fingerprint density at radius 3 is 1.81 bits per heavy atom. The predicted molar refractivity (Wildman–Crippen MR) is 150 cm³/mol. The van der Waals surface area contributed by atoms with Gasteiger partial charge in [-0.15, -0.1) is 0 Å². The molecule has 0 N–H and O–H groups in total. The third-order valence-corrected chi connectivity index (χ3v) is 5.49. The van der Waals surface area contributed by atoms with Crippen molar-refractivity contribution in [2.45, 2.75) is 0 Å². The van der Waals surface area contributed by atoms with E-state index in [0.717, 1.165) is 39.5 Å². The average molecular weight is 474 g/mol. The highest BCUT2D eigenvalue weighted by molar-refractivity contribution is 5.71. The van der Waals surface area contributed by atoms with Crippen molar-refractivity contribution in [2.75, 3.05) is 14.2 Å². The van der Waals surface area contributed by atoms with Gasteiger partial charge in [0.2, 0.25) is 0 Å². The van der Waals surface area contributed by atoms with Crippen molar-refractivity contribution in [3.8, 4) is 33.9 Å². The molecule has 0 radical (unpaired) electrons. The number of hydrogen-bond donors (Lipinski definition) is 0. The van der Waals surface area contributed by atoms with E-state index in [2.05, 4.69) is 36.4 Å². The molecule has 0 aliphatic carbocycles. The van der Waals surface area contributed by atoms with Gasteiger partial charge in [0.15, 0.2) is 11.5 Å². The second-order valence-electron chi connectivity index (χ2n) is 7.95. The van der Waals surface area contributed by atoms with Crippen molar-refractivity contribution < 1.29 is 13.9 Å². The molecule has 0 aliphatic heterocycles. The molecule has 178 valence electrons. The van der Waals surface area contributed by atoms with E-state index in [1.807, 2.05) is 103 Å². The maximum atomic E-state index is 6.19. The Morgan fingerprint density at radius 1 is 0.528 bits per heavy atom. The lowest BCUT2D eigenvalue weighted by Gasteiger charge is -2.07. The fourth-order valence-corrected chi connectivity index (χ4v) is 3.68. The van der Waals surface area contributed by atoms with Crippen molar-refractivity contribution in [1.29, 1.82) is 0 Å². The zero-order valence-corrected chi connectivity index (χ0v) is 20.5. The van der Waals surface area contributed by atoms with Crippen molar-refractivity contribution in [2.24, 2.45) is 0 Å². The molecule has 3 aromatic carbocycles. The van der Waals surface area contributed by atoms with Gasteiger partial charge < -0.3 is 9.47 Å². The first kappa shape index (κ1) is 24.5. The second-order valence-corrected chi connectivity index (χ2v) is 7.95. The van der Waals surface area contributed by atoms with Crippen LogP contribution in [0.3, 0.4) is 0 Å². The highest BCUT2D eigenvalue weighted by Gasteiger charge is 2.16. The molecule has 1 aromatic heterocycles. The zero-order valence-electron chi connectivity index (χ0n) is 20.5. The Kier molecular flexibility index (Phi) is 8.66. The molecule has 0 saturated carbocycles. The Labute approximate surface area is 213 Å². The molecular formula is C33H29O3+. The van der Waals surface area contributed by atoms with Gasteiger partial charge in [0.25, 0.3) is 0 Å². The van der Waals surface area contributed by atoms with Gasteiger partial charge in [-0.05, 0) is 35.4 Å². The number of hydrogen-bond acceptors (Lipinski definition) is 2. The minimum atomic E-state index is 0.714. The summed E-state index contributed by atoms with van der Waals surface area (Å²) in [6, 6.07) is 30.5. The highest BCUT2D eigenvalue weighted by Crippen LogP contribution is 2.29. The summed E-state index contributed by atoms with van der Waals surface area (Å²) in [5, 5.41) is 0. The average Bonchev–Trinajstić information content (AvgIpc) is 2.95. The molecule has 0 bridgehead atoms. The van der Waals surface area contributed by atoms with Gasteiger partial charge in [-0.3, -0.25) is 0 Å². The zero-order chi connectivity index (χ0) is 25.0. The first-order valence-corrected chi connectivity index (χ1v) is 11.8. The summed E-state index contributed by atoms with van der Waals surface area (Å²) < 4.78 is 16.8. The Hall–Kier alpha value is -4.63. The van der Waals surface area contributed by atoms with Crippen LogP contribution in [-0.4, -0.2) is 14.2 Å². The van der Waals surface area contributed by atoms with Crippen LogP contribution < -0.4 is 9.47 Å². The SMILES string of the molecule is COc1ccc(/C=C/C=C/C=C/C=C/c2cc(-c3ccccc3)cc(-c3ccccc3)[o+]2)cc1OC. The van der Waals surface area contributed by atoms with E-state index in [1.54, 1.807) is 14.2 Å². The van der Waals surface area contributed by atoms with Crippen LogP contribution >= 0.6 is 0 Å². The van der Waals surface area contributed by atoms with Crippen LogP contribution in [0.1, 0.15) is 11.3 Å². The van der Waals surface area contributed by atoms with E-state index in [1.165, 1.54) is 0 Å². The summed E-state index contributed by atoms with van der Waals surface area (Å²) in [7, 11) is 3.27. The van der Waals surface area contributed by atoms with E-state index in [-0.39, 0.29) is 0 Å². The monoisotopic (exact) mass is 473 g/mol. The van der Waals surface area contributed by atoms with Crippen LogP contribution in [-0.2, 0) is 0 Å². The fraction of sp³-hybridized carbons (Fsp3) is 0.0606. The molecule has 4 aromatic rings. The summed E-state index contributed by atoms with van der Waals surface area (Å²) in [5.74, 6) is 3.06. The van der Waals surface area contributed by atoms with Crippen LogP contribution in [0.25, 0.3) is 34.6 Å². The number of allylic oxidation sites excluding steroid dienone is 6. The lowest BCUT2D eigenvalue weighted by molar-refractivity contribution is 0.355. The van der Waals surface area contributed by atoms with Gasteiger partial charge in [0.05, 0.1) is 31.9 Å². The summed E-state index contributed by atoms with van der Waals surface area (Å²) in [6.45, 7) is 0. The van der Waals surface area contributed by atoms with Crippen molar-refractivity contribution in [3.05, 3.63) is 139 Å². The number of ether oxygens (including phenoxy) is 2. The standard InChI is InChI=1S/C33H29O3/c1-34-31-22-21-26(23-33(31)35-2)15-9-5-3-4-6-14-20-30-24-29(27-16-10-7-11-17-27)25-32(36-30)28-18-12-8-13-19-28/h3-25H,1-2H3/q+1/b5-3+,6-4+,15-9+,20-14+. The van der Waals surface area contributed by atoms with E-state index in [9.17, 15) is 0 Å². The van der Waals surface area contributed by atoms with Crippen LogP contribution in [0.2, 0.25) is 0 Å². The third-order valence-electron chi connectivity index (χ3n) is 5.49. The normalized spacial score (nSPS) is 11.7. The molecule has 0 atom stereocenters. The number of methoxy groups -OCH3 is 2. The van der Waals surface area contributed by atoms with Gasteiger partial charge in [0, 0.05) is 11.6 Å². The molecule has 3 heteroatoms. The molecule has 0 unspecified atom stereocenters.